The van der Waals surface area contributed by atoms with Crippen molar-refractivity contribution in [2.45, 2.75) is 19.4 Å². The van der Waals surface area contributed by atoms with Crippen molar-refractivity contribution in [2.75, 3.05) is 18.0 Å². The molecule has 0 saturated carbocycles. The Hall–Kier alpha value is -2.41. The van der Waals surface area contributed by atoms with Gasteiger partial charge in [0.25, 0.3) is 0 Å². The van der Waals surface area contributed by atoms with Gasteiger partial charge in [0.15, 0.2) is 5.65 Å². The number of pyridine rings is 1. The minimum Gasteiger partial charge on any atom is -0.351 e. The number of thiophene rings is 1. The molecule has 3 aromatic heterocycles. The lowest BCUT2D eigenvalue weighted by atomic mass is 9.96. The van der Waals surface area contributed by atoms with E-state index in [9.17, 15) is 4.79 Å². The number of fused-ring (bicyclic) bond motifs is 1. The van der Waals surface area contributed by atoms with Gasteiger partial charge in [-0.3, -0.25) is 9.20 Å². The third-order valence-electron chi connectivity index (χ3n) is 4.46. The number of nitrogens with zero attached hydrogens (tertiary/aromatic N) is 4. The van der Waals surface area contributed by atoms with Crippen molar-refractivity contribution in [3.8, 4) is 0 Å². The van der Waals surface area contributed by atoms with Crippen LogP contribution in [-0.2, 0) is 11.3 Å². The van der Waals surface area contributed by atoms with Gasteiger partial charge < -0.3 is 10.2 Å². The van der Waals surface area contributed by atoms with E-state index in [0.717, 1.165) is 37.5 Å². The van der Waals surface area contributed by atoms with E-state index >= 15 is 0 Å². The summed E-state index contributed by atoms with van der Waals surface area (Å²) in [6, 6.07) is 9.93. The zero-order valence-electron chi connectivity index (χ0n) is 13.3. The first-order chi connectivity index (χ1) is 11.8. The van der Waals surface area contributed by atoms with Crippen molar-refractivity contribution < 1.29 is 4.79 Å². The van der Waals surface area contributed by atoms with Gasteiger partial charge >= 0.3 is 0 Å². The number of hydrogen-bond donors (Lipinski definition) is 1. The van der Waals surface area contributed by atoms with Crippen LogP contribution in [0.3, 0.4) is 0 Å². The van der Waals surface area contributed by atoms with Crippen molar-refractivity contribution in [3.05, 3.63) is 46.8 Å². The summed E-state index contributed by atoms with van der Waals surface area (Å²) in [6.07, 6.45) is 3.67. The Morgan fingerprint density at radius 3 is 2.88 bits per heavy atom. The lowest BCUT2D eigenvalue weighted by Gasteiger charge is -2.31. The summed E-state index contributed by atoms with van der Waals surface area (Å²) in [5, 5.41) is 13.6. The summed E-state index contributed by atoms with van der Waals surface area (Å²) in [4.78, 5) is 15.7. The van der Waals surface area contributed by atoms with Crippen LogP contribution < -0.4 is 10.2 Å². The highest BCUT2D eigenvalue weighted by Crippen LogP contribution is 2.22. The molecule has 6 nitrogen and oxygen atoms in total. The van der Waals surface area contributed by atoms with Crippen LogP contribution in [0.5, 0.6) is 0 Å². The summed E-state index contributed by atoms with van der Waals surface area (Å²) in [5.74, 6) is 1.11. The molecule has 3 aromatic rings. The number of carbonyl (C=O) groups excluding carboxylic acids is 1. The van der Waals surface area contributed by atoms with Gasteiger partial charge in [0.1, 0.15) is 0 Å². The molecule has 24 heavy (non-hydrogen) atoms. The second kappa shape index (κ2) is 6.60. The van der Waals surface area contributed by atoms with Gasteiger partial charge in [0.2, 0.25) is 11.9 Å². The Bertz CT molecular complexity index is 821. The molecule has 0 bridgehead atoms. The van der Waals surface area contributed by atoms with Crippen LogP contribution in [0.2, 0.25) is 0 Å². The van der Waals surface area contributed by atoms with Gasteiger partial charge in [-0.25, -0.2) is 0 Å². The van der Waals surface area contributed by atoms with Crippen LogP contribution >= 0.6 is 11.3 Å². The fraction of sp³-hybridized carbons (Fsp3) is 0.353. The molecular weight excluding hydrogens is 322 g/mol. The molecule has 0 aromatic carbocycles. The zero-order chi connectivity index (χ0) is 16.4. The van der Waals surface area contributed by atoms with Crippen LogP contribution in [0.1, 0.15) is 17.7 Å². The largest absolute Gasteiger partial charge is 0.351 e. The molecule has 0 aliphatic carbocycles. The molecule has 1 aliphatic rings. The Labute approximate surface area is 144 Å². The van der Waals surface area contributed by atoms with Crippen molar-refractivity contribution in [1.82, 2.24) is 19.9 Å². The predicted octanol–water partition coefficient (Wildman–Crippen LogP) is 2.32. The van der Waals surface area contributed by atoms with Crippen LogP contribution in [0, 0.1) is 5.92 Å². The van der Waals surface area contributed by atoms with Crippen molar-refractivity contribution in [3.63, 3.8) is 0 Å². The van der Waals surface area contributed by atoms with Crippen molar-refractivity contribution >= 4 is 28.8 Å². The highest BCUT2D eigenvalue weighted by Gasteiger charge is 2.26. The number of hydrogen-bond acceptors (Lipinski definition) is 5. The van der Waals surface area contributed by atoms with Gasteiger partial charge in [-0.05, 0) is 36.4 Å². The van der Waals surface area contributed by atoms with Gasteiger partial charge in [-0.2, -0.15) is 0 Å². The van der Waals surface area contributed by atoms with Gasteiger partial charge in [-0.15, -0.1) is 21.5 Å². The summed E-state index contributed by atoms with van der Waals surface area (Å²) in [5.41, 5.74) is 0.850. The molecule has 0 atom stereocenters. The molecule has 124 valence electrons. The standard InChI is InChI=1S/C17H19N5OS/c23-16(18-12-14-4-3-11-24-14)13-6-9-21(10-7-13)17-20-19-15-5-1-2-8-22(15)17/h1-5,8,11,13H,6-7,9-10,12H2,(H,18,23). The lowest BCUT2D eigenvalue weighted by Crippen LogP contribution is -2.41. The molecule has 1 fully saturated rings. The van der Waals surface area contributed by atoms with Gasteiger partial charge in [0, 0.05) is 30.1 Å². The number of carbonyl (C=O) groups is 1. The van der Waals surface area contributed by atoms with E-state index in [0.29, 0.717) is 6.54 Å². The minimum absolute atomic E-state index is 0.0837. The third-order valence-corrected chi connectivity index (χ3v) is 5.34. The van der Waals surface area contributed by atoms with E-state index in [1.165, 1.54) is 4.88 Å². The average Bonchev–Trinajstić information content (AvgIpc) is 3.29. The molecule has 1 N–H and O–H groups in total. The van der Waals surface area contributed by atoms with E-state index < -0.39 is 0 Å². The second-order valence-corrected chi connectivity index (χ2v) is 7.02. The molecule has 4 heterocycles. The molecular formula is C17H19N5OS. The molecule has 0 unspecified atom stereocenters. The number of aromatic nitrogens is 3. The Balaban J connectivity index is 1.35. The predicted molar refractivity (Wildman–Crippen MR) is 94.1 cm³/mol. The maximum atomic E-state index is 12.3. The third kappa shape index (κ3) is 2.99. The van der Waals surface area contributed by atoms with Crippen molar-refractivity contribution in [1.29, 1.82) is 0 Å². The number of rotatable bonds is 4. The summed E-state index contributed by atoms with van der Waals surface area (Å²) in [7, 11) is 0. The zero-order valence-corrected chi connectivity index (χ0v) is 14.1. The fourth-order valence-corrected chi connectivity index (χ4v) is 3.76. The smallest absolute Gasteiger partial charge is 0.231 e. The Kier molecular flexibility index (Phi) is 4.17. The first-order valence-corrected chi connectivity index (χ1v) is 9.04. The summed E-state index contributed by atoms with van der Waals surface area (Å²) < 4.78 is 2.00. The quantitative estimate of drug-likeness (QED) is 0.791. The molecule has 1 saturated heterocycles. The first-order valence-electron chi connectivity index (χ1n) is 8.16. The van der Waals surface area contributed by atoms with E-state index in [2.05, 4.69) is 20.4 Å². The summed E-state index contributed by atoms with van der Waals surface area (Å²) >= 11 is 1.67. The van der Waals surface area contributed by atoms with E-state index in [4.69, 9.17) is 0 Å². The van der Waals surface area contributed by atoms with Crippen LogP contribution in [0.15, 0.2) is 41.9 Å². The number of amides is 1. The SMILES string of the molecule is O=C(NCc1cccs1)C1CCN(c2nnc3ccccn23)CC1. The molecule has 7 heteroatoms. The maximum absolute atomic E-state index is 12.3. The summed E-state index contributed by atoms with van der Waals surface area (Å²) in [6.45, 7) is 2.28. The van der Waals surface area contributed by atoms with Crippen LogP contribution in [-0.4, -0.2) is 33.6 Å². The Morgan fingerprint density at radius 2 is 2.08 bits per heavy atom. The van der Waals surface area contributed by atoms with E-state index in [1.54, 1.807) is 11.3 Å². The average molecular weight is 341 g/mol. The maximum Gasteiger partial charge on any atom is 0.231 e. The highest BCUT2D eigenvalue weighted by molar-refractivity contribution is 7.09. The Morgan fingerprint density at radius 1 is 1.21 bits per heavy atom. The fourth-order valence-electron chi connectivity index (χ4n) is 3.12. The van der Waals surface area contributed by atoms with Crippen LogP contribution in [0.25, 0.3) is 5.65 Å². The molecule has 1 aliphatic heterocycles. The molecule has 4 rings (SSSR count). The van der Waals surface area contributed by atoms with E-state index in [-0.39, 0.29) is 11.8 Å². The molecule has 0 radical (unpaired) electrons. The topological polar surface area (TPSA) is 62.5 Å². The monoisotopic (exact) mass is 341 g/mol. The van der Waals surface area contributed by atoms with Crippen LogP contribution in [0.4, 0.5) is 5.95 Å². The highest BCUT2D eigenvalue weighted by atomic mass is 32.1. The van der Waals surface area contributed by atoms with Gasteiger partial charge in [-0.1, -0.05) is 12.1 Å². The number of anilines is 1. The number of piperidine rings is 1. The lowest BCUT2D eigenvalue weighted by molar-refractivity contribution is -0.125. The number of nitrogens with one attached hydrogen (secondary N) is 1. The molecule has 1 amide bonds. The first kappa shape index (κ1) is 15.1. The molecule has 0 spiro atoms. The normalized spacial score (nSPS) is 15.8. The van der Waals surface area contributed by atoms with E-state index in [1.807, 2.05) is 46.3 Å². The minimum atomic E-state index is 0.0837. The second-order valence-electron chi connectivity index (χ2n) is 5.99. The van der Waals surface area contributed by atoms with Gasteiger partial charge in [0.05, 0.1) is 6.54 Å². The van der Waals surface area contributed by atoms with Crippen molar-refractivity contribution in [2.24, 2.45) is 5.92 Å².